The molecule has 236 valence electrons. The molecule has 9 atom stereocenters. The number of aliphatic hydroxyl groups is 6. The summed E-state index contributed by atoms with van der Waals surface area (Å²) in [4.78, 5) is 12.9. The van der Waals surface area contributed by atoms with Crippen molar-refractivity contribution in [3.63, 3.8) is 0 Å². The number of fused-ring (bicyclic) bond motifs is 1. The van der Waals surface area contributed by atoms with Crippen molar-refractivity contribution in [3.05, 3.63) is 41.5 Å². The summed E-state index contributed by atoms with van der Waals surface area (Å²) < 4.78 is 39.3. The maximum absolute atomic E-state index is 12.9. The van der Waals surface area contributed by atoms with Gasteiger partial charge in [-0.05, 0) is 17.7 Å². The summed E-state index contributed by atoms with van der Waals surface area (Å²) in [6.45, 7) is -1.97. The number of phenols is 1. The minimum Gasteiger partial charge on any atom is -0.507 e. The number of ketones is 1. The second-order valence-electron chi connectivity index (χ2n) is 10.5. The van der Waals surface area contributed by atoms with Crippen molar-refractivity contribution in [2.24, 2.45) is 0 Å². The second-order valence-corrected chi connectivity index (χ2v) is 10.5. The number of benzene rings is 2. The zero-order valence-corrected chi connectivity index (χ0v) is 23.2. The van der Waals surface area contributed by atoms with Crippen LogP contribution in [0.4, 0.5) is 0 Å². The first-order valence-electron chi connectivity index (χ1n) is 13.4. The number of hydrogen-bond acceptors (Lipinski definition) is 15. The highest BCUT2D eigenvalue weighted by molar-refractivity contribution is 6.02. The normalized spacial score (nSPS) is 33.9. The summed E-state index contributed by atoms with van der Waals surface area (Å²) in [7, 11) is 2.78. The van der Waals surface area contributed by atoms with Crippen molar-refractivity contribution in [1.29, 1.82) is 0 Å². The summed E-state index contributed by atoms with van der Waals surface area (Å²) in [5.41, 5.74) is -1.44. The van der Waals surface area contributed by atoms with Crippen LogP contribution in [0, 0.1) is 0 Å². The highest BCUT2D eigenvalue weighted by atomic mass is 16.8. The molecule has 3 heterocycles. The van der Waals surface area contributed by atoms with Crippen molar-refractivity contribution in [2.45, 2.75) is 61.2 Å². The van der Waals surface area contributed by atoms with Crippen LogP contribution >= 0.6 is 0 Å². The number of carbonyl (C=O) groups is 1. The average Bonchev–Trinajstić information content (AvgIpc) is 3.29. The van der Waals surface area contributed by atoms with E-state index in [9.17, 15) is 40.5 Å². The Hall–Kier alpha value is -3.25. The van der Waals surface area contributed by atoms with Crippen molar-refractivity contribution >= 4 is 5.78 Å². The van der Waals surface area contributed by atoms with Crippen molar-refractivity contribution in [1.82, 2.24) is 0 Å². The summed E-state index contributed by atoms with van der Waals surface area (Å²) in [5.74, 6) is 0.0944. The largest absolute Gasteiger partial charge is 0.507 e. The lowest BCUT2D eigenvalue weighted by atomic mass is 9.95. The number of aromatic hydroxyl groups is 1. The Morgan fingerprint density at radius 3 is 2.42 bits per heavy atom. The summed E-state index contributed by atoms with van der Waals surface area (Å²) in [5, 5.41) is 71.4. The maximum atomic E-state index is 12.9. The van der Waals surface area contributed by atoms with E-state index in [1.165, 1.54) is 32.4 Å². The first kappa shape index (κ1) is 31.2. The molecule has 0 amide bonds. The van der Waals surface area contributed by atoms with Crippen LogP contribution in [0.15, 0.2) is 30.3 Å². The van der Waals surface area contributed by atoms with Gasteiger partial charge in [0.15, 0.2) is 29.7 Å². The fraction of sp³-hybridized carbons (Fsp3) is 0.536. The number of aliphatic hydroxyl groups excluding tert-OH is 5. The fourth-order valence-corrected chi connectivity index (χ4v) is 5.19. The van der Waals surface area contributed by atoms with E-state index in [-0.39, 0.29) is 40.8 Å². The number of rotatable bonds is 9. The molecule has 0 saturated carbocycles. The summed E-state index contributed by atoms with van der Waals surface area (Å²) in [6.07, 6.45) is -11.7. The fourth-order valence-electron chi connectivity index (χ4n) is 5.19. The van der Waals surface area contributed by atoms with E-state index < -0.39 is 74.6 Å². The number of ether oxygens (including phenoxy) is 7. The molecule has 15 heteroatoms. The van der Waals surface area contributed by atoms with Gasteiger partial charge in [-0.1, -0.05) is 6.07 Å². The Kier molecular flexibility index (Phi) is 8.99. The lowest BCUT2D eigenvalue weighted by Crippen LogP contribution is -2.62. The molecule has 0 radical (unpaired) electrons. The molecule has 7 N–H and O–H groups in total. The molecular weight excluding hydrogens is 576 g/mol. The lowest BCUT2D eigenvalue weighted by Gasteiger charge is -2.42. The van der Waals surface area contributed by atoms with Gasteiger partial charge in [-0.2, -0.15) is 0 Å². The quantitative estimate of drug-likeness (QED) is 0.176. The third kappa shape index (κ3) is 5.83. The van der Waals surface area contributed by atoms with Crippen molar-refractivity contribution < 1.29 is 73.7 Å². The van der Waals surface area contributed by atoms with E-state index in [0.717, 1.165) is 0 Å². The first-order valence-corrected chi connectivity index (χ1v) is 13.4. The SMILES string of the molecule is COc1cc(O)c2c(c1)O[C@H](c1ccc(O[C@@H]3O[C@H](CO)[C@H](O)[C@H](O)[C@H]3O[C@@H]3OC[C@@](O)(CO)[C@@H]3O)c(OC)c1)CC2=O. The van der Waals surface area contributed by atoms with Crippen LogP contribution in [0.1, 0.15) is 28.4 Å². The number of carbonyl (C=O) groups excluding carboxylic acids is 1. The molecule has 5 rings (SSSR count). The highest BCUT2D eigenvalue weighted by Gasteiger charge is 2.53. The molecule has 3 aliphatic rings. The van der Waals surface area contributed by atoms with Crippen molar-refractivity contribution in [3.8, 4) is 28.7 Å². The van der Waals surface area contributed by atoms with Gasteiger partial charge < -0.3 is 68.9 Å². The molecule has 15 nitrogen and oxygen atoms in total. The third-order valence-corrected chi connectivity index (χ3v) is 7.71. The highest BCUT2D eigenvalue weighted by Crippen LogP contribution is 2.43. The van der Waals surface area contributed by atoms with E-state index in [0.29, 0.717) is 11.3 Å². The van der Waals surface area contributed by atoms with Crippen LogP contribution in [0.3, 0.4) is 0 Å². The Morgan fingerprint density at radius 2 is 1.77 bits per heavy atom. The van der Waals surface area contributed by atoms with Crippen LogP contribution in [-0.2, 0) is 14.2 Å². The van der Waals surface area contributed by atoms with Gasteiger partial charge >= 0.3 is 0 Å². The topological polar surface area (TPSA) is 223 Å². The molecule has 2 aromatic rings. The van der Waals surface area contributed by atoms with Crippen molar-refractivity contribution in [2.75, 3.05) is 34.0 Å². The standard InChI is InChI=1S/C28H34O15/c1-37-13-6-14(31)21-15(32)8-17(40-19(21)7-13)12-3-4-16(18(5-12)38-2)41-26-24(23(34)22(33)20(9-29)42-26)43-27-25(35)28(36,10-30)11-39-27/h3-7,17,20,22-27,29-31,33-36H,8-11H2,1-2H3/t17-,20+,22-,23-,24+,25+,26+,27-,28-/m0/s1. The Morgan fingerprint density at radius 1 is 1.00 bits per heavy atom. The van der Waals surface area contributed by atoms with Crippen LogP contribution < -0.4 is 18.9 Å². The third-order valence-electron chi connectivity index (χ3n) is 7.71. The van der Waals surface area contributed by atoms with Gasteiger partial charge in [0.1, 0.15) is 58.9 Å². The molecule has 0 aliphatic carbocycles. The molecule has 0 unspecified atom stereocenters. The Labute approximate surface area is 245 Å². The molecular formula is C28H34O15. The zero-order chi connectivity index (χ0) is 31.1. The second kappa shape index (κ2) is 12.4. The van der Waals surface area contributed by atoms with E-state index >= 15 is 0 Å². The van der Waals surface area contributed by atoms with E-state index in [2.05, 4.69) is 0 Å². The number of methoxy groups -OCH3 is 2. The van der Waals surface area contributed by atoms with Gasteiger partial charge in [-0.3, -0.25) is 4.79 Å². The van der Waals surface area contributed by atoms with Crippen LogP contribution in [0.2, 0.25) is 0 Å². The van der Waals surface area contributed by atoms with Gasteiger partial charge in [0.2, 0.25) is 6.29 Å². The first-order chi connectivity index (χ1) is 20.5. The maximum Gasteiger partial charge on any atom is 0.229 e. The van der Waals surface area contributed by atoms with Gasteiger partial charge in [0.25, 0.3) is 0 Å². The number of phenolic OH excluding ortho intramolecular Hbond substituents is 1. The van der Waals surface area contributed by atoms with E-state index in [4.69, 9.17) is 33.2 Å². The van der Waals surface area contributed by atoms with Gasteiger partial charge in [-0.15, -0.1) is 0 Å². The molecule has 0 bridgehead atoms. The average molecular weight is 611 g/mol. The number of Topliss-reactive ketones (excluding diaryl/α,β-unsaturated/α-hetero) is 1. The van der Waals surface area contributed by atoms with E-state index in [1.807, 2.05) is 0 Å². The molecule has 0 spiro atoms. The smallest absolute Gasteiger partial charge is 0.229 e. The minimum atomic E-state index is -2.01. The molecule has 2 fully saturated rings. The monoisotopic (exact) mass is 610 g/mol. The minimum absolute atomic E-state index is 0.0532. The lowest BCUT2D eigenvalue weighted by molar-refractivity contribution is -0.319. The van der Waals surface area contributed by atoms with Crippen LogP contribution in [0.25, 0.3) is 0 Å². The zero-order valence-electron chi connectivity index (χ0n) is 23.2. The number of hydrogen-bond donors (Lipinski definition) is 7. The summed E-state index contributed by atoms with van der Waals surface area (Å²) in [6, 6.07) is 7.45. The van der Waals surface area contributed by atoms with Gasteiger partial charge in [0, 0.05) is 12.1 Å². The molecule has 2 saturated heterocycles. The van der Waals surface area contributed by atoms with Gasteiger partial charge in [-0.25, -0.2) is 0 Å². The van der Waals surface area contributed by atoms with E-state index in [1.54, 1.807) is 12.1 Å². The Bertz CT molecular complexity index is 1320. The molecule has 0 aromatic heterocycles. The Balaban J connectivity index is 1.39. The van der Waals surface area contributed by atoms with Crippen LogP contribution in [-0.4, -0.2) is 124 Å². The molecule has 2 aromatic carbocycles. The van der Waals surface area contributed by atoms with Gasteiger partial charge in [0.05, 0.1) is 40.5 Å². The molecule has 3 aliphatic heterocycles. The summed E-state index contributed by atoms with van der Waals surface area (Å²) >= 11 is 0. The predicted octanol–water partition coefficient (Wildman–Crippen LogP) is -1.24. The van der Waals surface area contributed by atoms with Crippen LogP contribution in [0.5, 0.6) is 28.7 Å². The predicted molar refractivity (Wildman–Crippen MR) is 141 cm³/mol. The molecule has 43 heavy (non-hydrogen) atoms.